The van der Waals surface area contributed by atoms with Crippen molar-refractivity contribution in [2.75, 3.05) is 19.5 Å². The largest absolute Gasteiger partial charge is 0.465 e. The molecule has 2 rings (SSSR count). The molecule has 0 saturated carbocycles. The number of rotatable bonds is 6. The minimum Gasteiger partial charge on any atom is -0.465 e. The van der Waals surface area contributed by atoms with Crippen molar-refractivity contribution in [3.8, 4) is 0 Å². The Kier molecular flexibility index (Phi) is 6.49. The molecule has 0 saturated heterocycles. The van der Waals surface area contributed by atoms with Crippen LogP contribution in [0.5, 0.6) is 0 Å². The highest BCUT2D eigenvalue weighted by Gasteiger charge is 2.27. The van der Waals surface area contributed by atoms with Gasteiger partial charge in [0.1, 0.15) is 16.4 Å². The van der Waals surface area contributed by atoms with Crippen molar-refractivity contribution >= 4 is 39.9 Å². The van der Waals surface area contributed by atoms with Gasteiger partial charge < -0.3 is 14.8 Å². The van der Waals surface area contributed by atoms with Gasteiger partial charge >= 0.3 is 23.2 Å². The first-order chi connectivity index (χ1) is 13.6. The van der Waals surface area contributed by atoms with Crippen LogP contribution in [0, 0.1) is 24.0 Å². The van der Waals surface area contributed by atoms with Crippen molar-refractivity contribution in [1.82, 2.24) is 4.57 Å². The van der Waals surface area contributed by atoms with Gasteiger partial charge in [0, 0.05) is 11.8 Å². The topological polar surface area (TPSA) is 147 Å². The lowest BCUT2D eigenvalue weighted by atomic mass is 10.1. The van der Waals surface area contributed by atoms with Crippen molar-refractivity contribution < 1.29 is 28.8 Å². The number of aromatic nitrogens is 1. The van der Waals surface area contributed by atoms with E-state index in [0.29, 0.717) is 5.69 Å². The van der Waals surface area contributed by atoms with Gasteiger partial charge in [-0.15, -0.1) is 11.3 Å². The third kappa shape index (κ3) is 4.32. The number of nitrogens with zero attached hydrogens (tertiary/aromatic N) is 2. The number of esters is 2. The Morgan fingerprint density at radius 2 is 1.79 bits per heavy atom. The van der Waals surface area contributed by atoms with Gasteiger partial charge in [0.15, 0.2) is 0 Å². The first-order valence-electron chi connectivity index (χ1n) is 8.07. The maximum atomic E-state index is 12.5. The molecule has 2 heterocycles. The molecule has 1 N–H and O–H groups in total. The Bertz CT molecular complexity index is 1070. The summed E-state index contributed by atoms with van der Waals surface area (Å²) in [5, 5.41) is 13.4. The van der Waals surface area contributed by atoms with Crippen LogP contribution in [-0.4, -0.2) is 41.6 Å². The fourth-order valence-corrected chi connectivity index (χ4v) is 3.67. The van der Waals surface area contributed by atoms with Crippen LogP contribution >= 0.6 is 11.3 Å². The average Bonchev–Trinajstić information content (AvgIpc) is 2.99. The van der Waals surface area contributed by atoms with Gasteiger partial charge in [0.2, 0.25) is 5.91 Å². The lowest BCUT2D eigenvalue weighted by Gasteiger charge is -2.10. The lowest BCUT2D eigenvalue weighted by Crippen LogP contribution is -2.30. The van der Waals surface area contributed by atoms with Gasteiger partial charge in [0.25, 0.3) is 0 Å². The zero-order valence-electron chi connectivity index (χ0n) is 15.9. The number of nitro groups is 1. The molecule has 0 radical (unpaired) electrons. The highest BCUT2D eigenvalue weighted by Crippen LogP contribution is 2.34. The summed E-state index contributed by atoms with van der Waals surface area (Å²) in [7, 11) is 2.32. The van der Waals surface area contributed by atoms with Crippen molar-refractivity contribution in [3.63, 3.8) is 0 Å². The Morgan fingerprint density at radius 3 is 2.34 bits per heavy atom. The first kappa shape index (κ1) is 21.8. The van der Waals surface area contributed by atoms with E-state index in [1.807, 2.05) is 0 Å². The molecule has 2 aromatic heterocycles. The molecule has 0 spiro atoms. The van der Waals surface area contributed by atoms with E-state index < -0.39 is 40.6 Å². The Labute approximate surface area is 168 Å². The van der Waals surface area contributed by atoms with Crippen LogP contribution in [0.25, 0.3) is 0 Å². The molecule has 0 aliphatic heterocycles. The SMILES string of the molecule is COC(=O)c1sc(NC(=O)Cn2c(C)ccc([N+](=O)[O-])c2=O)c(C(=O)OC)c1C. The van der Waals surface area contributed by atoms with Crippen LogP contribution in [0.2, 0.25) is 0 Å². The van der Waals surface area contributed by atoms with E-state index in [4.69, 9.17) is 4.74 Å². The summed E-state index contributed by atoms with van der Waals surface area (Å²) in [5.41, 5.74) is -1.02. The maximum absolute atomic E-state index is 12.5. The molecule has 0 aliphatic rings. The summed E-state index contributed by atoms with van der Waals surface area (Å²) < 4.78 is 10.3. The van der Waals surface area contributed by atoms with E-state index in [-0.39, 0.29) is 21.0 Å². The molecule has 0 bridgehead atoms. The lowest BCUT2D eigenvalue weighted by molar-refractivity contribution is -0.386. The average molecular weight is 423 g/mol. The number of nitrogens with one attached hydrogen (secondary N) is 1. The molecular formula is C17H17N3O8S. The standard InChI is InChI=1S/C17H17N3O8S/c1-8-5-6-10(20(25)26)15(22)19(8)7-11(21)18-14-12(16(23)27-3)9(2)13(29-14)17(24)28-4/h5-6H,7H2,1-4H3,(H,18,21). The van der Waals surface area contributed by atoms with Gasteiger partial charge in [-0.25, -0.2) is 9.59 Å². The summed E-state index contributed by atoms with van der Waals surface area (Å²) in [6.45, 7) is 2.49. The number of pyridine rings is 1. The maximum Gasteiger partial charge on any atom is 0.348 e. The van der Waals surface area contributed by atoms with Crippen LogP contribution < -0.4 is 10.9 Å². The van der Waals surface area contributed by atoms with Crippen LogP contribution in [0.15, 0.2) is 16.9 Å². The molecular weight excluding hydrogens is 406 g/mol. The number of methoxy groups -OCH3 is 2. The highest BCUT2D eigenvalue weighted by atomic mass is 32.1. The Morgan fingerprint density at radius 1 is 1.17 bits per heavy atom. The van der Waals surface area contributed by atoms with E-state index >= 15 is 0 Å². The zero-order valence-corrected chi connectivity index (χ0v) is 16.7. The van der Waals surface area contributed by atoms with Crippen molar-refractivity contribution in [3.05, 3.63) is 54.3 Å². The number of hydrogen-bond acceptors (Lipinski definition) is 9. The van der Waals surface area contributed by atoms with Gasteiger partial charge in [-0.3, -0.25) is 24.3 Å². The fourth-order valence-electron chi connectivity index (χ4n) is 2.54. The molecule has 0 aliphatic carbocycles. The van der Waals surface area contributed by atoms with Crippen molar-refractivity contribution in [2.45, 2.75) is 20.4 Å². The van der Waals surface area contributed by atoms with Gasteiger partial charge in [0.05, 0.1) is 24.7 Å². The molecule has 29 heavy (non-hydrogen) atoms. The minimum atomic E-state index is -0.934. The van der Waals surface area contributed by atoms with Crippen molar-refractivity contribution in [1.29, 1.82) is 0 Å². The molecule has 0 unspecified atom stereocenters. The van der Waals surface area contributed by atoms with E-state index in [1.165, 1.54) is 27.0 Å². The smallest absolute Gasteiger partial charge is 0.348 e. The third-order valence-corrected chi connectivity index (χ3v) is 5.22. The monoisotopic (exact) mass is 423 g/mol. The predicted octanol–water partition coefficient (Wildman–Crippen LogP) is 1.65. The highest BCUT2D eigenvalue weighted by molar-refractivity contribution is 7.18. The number of thiophene rings is 1. The van der Waals surface area contributed by atoms with Crippen LogP contribution in [-0.2, 0) is 20.8 Å². The number of amides is 1. The van der Waals surface area contributed by atoms with E-state index in [2.05, 4.69) is 10.1 Å². The molecule has 0 aromatic carbocycles. The quantitative estimate of drug-likeness (QED) is 0.419. The molecule has 0 atom stereocenters. The Balaban J connectivity index is 2.40. The number of hydrogen-bond donors (Lipinski definition) is 1. The molecule has 12 heteroatoms. The second kappa shape index (κ2) is 8.65. The molecule has 1 amide bonds. The number of carbonyl (C=O) groups excluding carboxylic acids is 3. The number of anilines is 1. The van der Waals surface area contributed by atoms with E-state index in [9.17, 15) is 29.3 Å². The van der Waals surface area contributed by atoms with Gasteiger partial charge in [-0.2, -0.15) is 0 Å². The van der Waals surface area contributed by atoms with Crippen LogP contribution in [0.3, 0.4) is 0 Å². The van der Waals surface area contributed by atoms with Crippen LogP contribution in [0.4, 0.5) is 10.7 Å². The second-order valence-electron chi connectivity index (χ2n) is 5.80. The summed E-state index contributed by atoms with van der Waals surface area (Å²) in [4.78, 5) is 58.9. The molecule has 154 valence electrons. The van der Waals surface area contributed by atoms with E-state index in [1.54, 1.807) is 0 Å². The summed E-state index contributed by atoms with van der Waals surface area (Å²) in [6.07, 6.45) is 0. The van der Waals surface area contributed by atoms with Crippen LogP contribution in [0.1, 0.15) is 31.3 Å². The zero-order chi connectivity index (χ0) is 21.9. The third-order valence-electron chi connectivity index (χ3n) is 4.03. The Hall–Kier alpha value is -3.54. The van der Waals surface area contributed by atoms with Gasteiger partial charge in [-0.05, 0) is 25.5 Å². The fraction of sp³-hybridized carbons (Fsp3) is 0.294. The number of aryl methyl sites for hydroxylation is 1. The van der Waals surface area contributed by atoms with E-state index in [0.717, 1.165) is 29.1 Å². The number of ether oxygens (including phenoxy) is 2. The summed E-state index contributed by atoms with van der Waals surface area (Å²) >= 11 is 0.815. The van der Waals surface area contributed by atoms with Gasteiger partial charge in [-0.1, -0.05) is 0 Å². The predicted molar refractivity (Wildman–Crippen MR) is 102 cm³/mol. The second-order valence-corrected chi connectivity index (χ2v) is 6.82. The van der Waals surface area contributed by atoms with Crippen molar-refractivity contribution in [2.24, 2.45) is 0 Å². The molecule has 11 nitrogen and oxygen atoms in total. The molecule has 0 fully saturated rings. The normalized spacial score (nSPS) is 10.3. The molecule has 2 aromatic rings. The summed E-state index contributed by atoms with van der Waals surface area (Å²) in [6, 6.07) is 2.41. The number of carbonyl (C=O) groups is 3. The summed E-state index contributed by atoms with van der Waals surface area (Å²) in [5.74, 6) is -2.18. The minimum absolute atomic E-state index is 0.0191. The first-order valence-corrected chi connectivity index (χ1v) is 8.88.